The van der Waals surface area contributed by atoms with Crippen molar-refractivity contribution < 1.29 is 14.6 Å². The molecule has 0 aromatic heterocycles. The Morgan fingerprint density at radius 2 is 1.73 bits per heavy atom. The van der Waals surface area contributed by atoms with Gasteiger partial charge in [-0.2, -0.15) is 0 Å². The summed E-state index contributed by atoms with van der Waals surface area (Å²) in [5, 5.41) is 14.5. The average molecular weight is 493 g/mol. The largest absolute Gasteiger partial charge is 0.465 e. The number of hydrogen-bond donors (Lipinski definition) is 3. The van der Waals surface area contributed by atoms with Crippen molar-refractivity contribution in [2.45, 2.75) is 51.0 Å². The van der Waals surface area contributed by atoms with Gasteiger partial charge >= 0.3 is 5.97 Å². The van der Waals surface area contributed by atoms with E-state index in [0.29, 0.717) is 52.7 Å². The lowest BCUT2D eigenvalue weighted by Crippen LogP contribution is -2.30. The molecule has 2 aromatic carbocycles. The fourth-order valence-electron chi connectivity index (χ4n) is 4.31. The Kier molecular flexibility index (Phi) is 10.3. The minimum atomic E-state index is -0.696. The Morgan fingerprint density at radius 3 is 2.39 bits per heavy atom. The van der Waals surface area contributed by atoms with E-state index in [0.717, 1.165) is 45.1 Å². The second-order valence-corrected chi connectivity index (χ2v) is 9.80. The van der Waals surface area contributed by atoms with Crippen LogP contribution < -0.4 is 11.1 Å². The van der Waals surface area contributed by atoms with Crippen molar-refractivity contribution in [2.24, 2.45) is 11.8 Å². The van der Waals surface area contributed by atoms with Gasteiger partial charge in [0.15, 0.2) is 0 Å². The van der Waals surface area contributed by atoms with Crippen molar-refractivity contribution in [3.8, 4) is 0 Å². The summed E-state index contributed by atoms with van der Waals surface area (Å²) < 4.78 is 5.53. The monoisotopic (exact) mass is 492 g/mol. The van der Waals surface area contributed by atoms with Crippen molar-refractivity contribution in [1.29, 1.82) is 0 Å². The average Bonchev–Trinajstić information content (AvgIpc) is 2.82. The Labute approximate surface area is 206 Å². The molecule has 0 amide bonds. The number of halogens is 2. The Bertz CT molecular complexity index is 863. The number of aliphatic hydroxyl groups is 1. The maximum atomic E-state index is 12.0. The summed E-state index contributed by atoms with van der Waals surface area (Å²) in [6.07, 6.45) is 5.82. The lowest BCUT2D eigenvalue weighted by molar-refractivity contribution is -0.145. The highest BCUT2D eigenvalue weighted by Crippen LogP contribution is 2.31. The standard InChI is InChI=1S/C26H34Cl2N2O3/c27-22-13-21(14-23(28)26(22)29)24(31)16-30-15-19-9-11-20(12-10-19)17-33-25(32)8-4-7-18-5-2-1-3-6-18/h1-3,5-6,13-14,19-20,24,30-31H,4,7-12,15-17,29H2. The summed E-state index contributed by atoms with van der Waals surface area (Å²) in [6.45, 7) is 1.80. The number of esters is 1. The number of carbonyl (C=O) groups is 1. The third-order valence-electron chi connectivity index (χ3n) is 6.39. The molecule has 5 nitrogen and oxygen atoms in total. The highest BCUT2D eigenvalue weighted by molar-refractivity contribution is 6.38. The molecule has 0 aliphatic heterocycles. The molecule has 1 aliphatic carbocycles. The highest BCUT2D eigenvalue weighted by Gasteiger charge is 2.22. The molecule has 0 saturated heterocycles. The molecule has 4 N–H and O–H groups in total. The first-order chi connectivity index (χ1) is 15.9. The van der Waals surface area contributed by atoms with Gasteiger partial charge in [0.2, 0.25) is 0 Å². The highest BCUT2D eigenvalue weighted by atomic mass is 35.5. The van der Waals surface area contributed by atoms with Crippen LogP contribution >= 0.6 is 23.2 Å². The minimum Gasteiger partial charge on any atom is -0.465 e. The number of benzene rings is 2. The maximum Gasteiger partial charge on any atom is 0.305 e. The Balaban J connectivity index is 1.26. The summed E-state index contributed by atoms with van der Waals surface area (Å²) in [5.74, 6) is 0.921. The van der Waals surface area contributed by atoms with E-state index in [1.165, 1.54) is 5.56 Å². The van der Waals surface area contributed by atoms with E-state index in [9.17, 15) is 9.90 Å². The van der Waals surface area contributed by atoms with Gasteiger partial charge in [0.1, 0.15) is 0 Å². The summed E-state index contributed by atoms with van der Waals surface area (Å²) in [5.41, 5.74) is 7.99. The lowest BCUT2D eigenvalue weighted by atomic mass is 9.82. The number of nitrogens with one attached hydrogen (secondary N) is 1. The predicted molar refractivity (Wildman–Crippen MR) is 134 cm³/mol. The second-order valence-electron chi connectivity index (χ2n) is 8.98. The van der Waals surface area contributed by atoms with E-state index >= 15 is 0 Å². The summed E-state index contributed by atoms with van der Waals surface area (Å²) >= 11 is 12.1. The van der Waals surface area contributed by atoms with Crippen LogP contribution in [0.1, 0.15) is 55.8 Å². The van der Waals surface area contributed by atoms with Crippen LogP contribution in [0.2, 0.25) is 10.0 Å². The van der Waals surface area contributed by atoms with Gasteiger partial charge in [-0.15, -0.1) is 0 Å². The van der Waals surface area contributed by atoms with E-state index in [4.69, 9.17) is 33.7 Å². The van der Waals surface area contributed by atoms with Crippen LogP contribution in [0.25, 0.3) is 0 Å². The van der Waals surface area contributed by atoms with Gasteiger partial charge in [-0.05, 0) is 80.2 Å². The Hall–Kier alpha value is -1.79. The number of anilines is 1. The van der Waals surface area contributed by atoms with Gasteiger partial charge in [0.25, 0.3) is 0 Å². The third kappa shape index (κ3) is 8.49. The second kappa shape index (κ2) is 13.2. The smallest absolute Gasteiger partial charge is 0.305 e. The number of aryl methyl sites for hydroxylation is 1. The quantitative estimate of drug-likeness (QED) is 0.282. The molecule has 0 spiro atoms. The van der Waals surface area contributed by atoms with Gasteiger partial charge in [-0.1, -0.05) is 53.5 Å². The predicted octanol–water partition coefficient (Wildman–Crippen LogP) is 5.57. The van der Waals surface area contributed by atoms with Crippen molar-refractivity contribution in [2.75, 3.05) is 25.4 Å². The van der Waals surface area contributed by atoms with E-state index in [1.54, 1.807) is 12.1 Å². The van der Waals surface area contributed by atoms with Crippen LogP contribution in [0.4, 0.5) is 5.69 Å². The van der Waals surface area contributed by atoms with E-state index < -0.39 is 6.10 Å². The van der Waals surface area contributed by atoms with E-state index in [-0.39, 0.29) is 5.97 Å². The number of nitrogen functional groups attached to an aromatic ring is 1. The fraction of sp³-hybridized carbons (Fsp3) is 0.500. The molecule has 1 saturated carbocycles. The lowest BCUT2D eigenvalue weighted by Gasteiger charge is -2.28. The molecule has 0 heterocycles. The van der Waals surface area contributed by atoms with Crippen molar-refractivity contribution >= 4 is 34.9 Å². The first-order valence-corrected chi connectivity index (χ1v) is 12.5. The molecule has 1 aliphatic rings. The molecule has 7 heteroatoms. The molecule has 33 heavy (non-hydrogen) atoms. The number of rotatable bonds is 11. The number of aliphatic hydroxyl groups excluding tert-OH is 1. The molecule has 1 unspecified atom stereocenters. The molecule has 180 valence electrons. The van der Waals surface area contributed by atoms with Crippen LogP contribution in [0, 0.1) is 11.8 Å². The number of hydrogen-bond acceptors (Lipinski definition) is 5. The van der Waals surface area contributed by atoms with Gasteiger partial charge in [-0.25, -0.2) is 0 Å². The third-order valence-corrected chi connectivity index (χ3v) is 7.02. The van der Waals surface area contributed by atoms with Gasteiger partial charge in [-0.3, -0.25) is 4.79 Å². The first kappa shape index (κ1) is 25.8. The zero-order chi connectivity index (χ0) is 23.6. The summed E-state index contributed by atoms with van der Waals surface area (Å²) in [6, 6.07) is 13.5. The van der Waals surface area contributed by atoms with Crippen molar-refractivity contribution in [3.63, 3.8) is 0 Å². The number of ether oxygens (including phenoxy) is 1. The zero-order valence-electron chi connectivity index (χ0n) is 18.9. The van der Waals surface area contributed by atoms with Crippen LogP contribution in [-0.4, -0.2) is 30.8 Å². The fourth-order valence-corrected chi connectivity index (χ4v) is 4.81. The summed E-state index contributed by atoms with van der Waals surface area (Å²) in [7, 11) is 0. The molecule has 0 bridgehead atoms. The summed E-state index contributed by atoms with van der Waals surface area (Å²) in [4.78, 5) is 12.0. The molecular weight excluding hydrogens is 459 g/mol. The van der Waals surface area contributed by atoms with E-state index in [2.05, 4.69) is 17.4 Å². The maximum absolute atomic E-state index is 12.0. The molecule has 1 atom stereocenters. The normalized spacial score (nSPS) is 19.2. The molecule has 0 radical (unpaired) electrons. The van der Waals surface area contributed by atoms with Crippen LogP contribution in [0.3, 0.4) is 0 Å². The van der Waals surface area contributed by atoms with Gasteiger partial charge < -0.3 is 20.9 Å². The van der Waals surface area contributed by atoms with Gasteiger partial charge in [0, 0.05) is 13.0 Å². The minimum absolute atomic E-state index is 0.0911. The molecule has 2 aromatic rings. The van der Waals surface area contributed by atoms with Crippen molar-refractivity contribution in [3.05, 3.63) is 63.6 Å². The van der Waals surface area contributed by atoms with Gasteiger partial charge in [0.05, 0.1) is 28.4 Å². The number of nitrogens with two attached hydrogens (primary N) is 1. The van der Waals surface area contributed by atoms with Crippen LogP contribution in [0.5, 0.6) is 0 Å². The Morgan fingerprint density at radius 1 is 1.09 bits per heavy atom. The number of carbonyl (C=O) groups excluding carboxylic acids is 1. The van der Waals surface area contributed by atoms with E-state index in [1.807, 2.05) is 18.2 Å². The first-order valence-electron chi connectivity index (χ1n) is 11.7. The molecule has 3 rings (SSSR count). The zero-order valence-corrected chi connectivity index (χ0v) is 20.5. The SMILES string of the molecule is Nc1c(Cl)cc(C(O)CNCC2CCC(COC(=O)CCCc3ccccc3)CC2)cc1Cl. The topological polar surface area (TPSA) is 84.6 Å². The van der Waals surface area contributed by atoms with Crippen molar-refractivity contribution in [1.82, 2.24) is 5.32 Å². The molecule has 1 fully saturated rings. The van der Waals surface area contributed by atoms with Crippen LogP contribution in [0.15, 0.2) is 42.5 Å². The molecular formula is C26H34Cl2N2O3. The van der Waals surface area contributed by atoms with Crippen LogP contribution in [-0.2, 0) is 16.0 Å².